The fourth-order valence-electron chi connectivity index (χ4n) is 3.73. The first-order valence-corrected chi connectivity index (χ1v) is 12.5. The Morgan fingerprint density at radius 3 is 2.65 bits per heavy atom. The highest BCUT2D eigenvalue weighted by Crippen LogP contribution is 2.50. The molecule has 34 heavy (non-hydrogen) atoms. The first kappa shape index (κ1) is 27.8. The molecule has 1 N–H and O–H groups in total. The van der Waals surface area contributed by atoms with E-state index in [1.54, 1.807) is 0 Å². The second kappa shape index (κ2) is 13.4. The van der Waals surface area contributed by atoms with Crippen molar-refractivity contribution in [1.82, 2.24) is 14.2 Å². The van der Waals surface area contributed by atoms with Crippen LogP contribution in [0.2, 0.25) is 0 Å². The third-order valence-corrected chi connectivity index (χ3v) is 7.32. The van der Waals surface area contributed by atoms with Crippen LogP contribution in [0.5, 0.6) is 0 Å². The summed E-state index contributed by atoms with van der Waals surface area (Å²) in [4.78, 5) is 27.0. The van der Waals surface area contributed by atoms with Crippen LogP contribution in [-0.4, -0.2) is 45.1 Å². The van der Waals surface area contributed by atoms with Crippen LogP contribution in [-0.2, 0) is 13.8 Å². The number of aromatic amines is 1. The minimum Gasteiger partial charge on any atom is -0.352 e. The van der Waals surface area contributed by atoms with Crippen molar-refractivity contribution in [2.45, 2.75) is 90.8 Å². The Labute approximate surface area is 202 Å². The number of nitrogens with one attached hydrogen (secondary N) is 1. The van der Waals surface area contributed by atoms with Gasteiger partial charge in [0.2, 0.25) is 0 Å². The zero-order valence-corrected chi connectivity index (χ0v) is 21.3. The Balaban J connectivity index is 2.30. The van der Waals surface area contributed by atoms with Gasteiger partial charge in [0.1, 0.15) is 11.8 Å². The van der Waals surface area contributed by atoms with Gasteiger partial charge in [-0.15, -0.1) is 6.42 Å². The standard InChI is InChI=1S/C24H33N4O5P/c1-7-9-10-12-19-16-27(24(30)26-23(19)29)22-15-21(20(8-2)32-22)33-34(31-14-11-13-25)28(17(3)4)18(5)6/h1,16-18,20-22H,8-9,11,14-15H2,2-6H3,(H,26,29,30)/t20-,21-,22-,34?/m1/s1. The van der Waals surface area contributed by atoms with Crippen LogP contribution in [0, 0.1) is 35.5 Å². The van der Waals surface area contributed by atoms with E-state index >= 15 is 0 Å². The summed E-state index contributed by atoms with van der Waals surface area (Å²) < 4.78 is 22.1. The molecule has 0 bridgehead atoms. The maximum Gasteiger partial charge on any atom is 0.330 e. The number of hydrogen-bond acceptors (Lipinski definition) is 7. The van der Waals surface area contributed by atoms with Crippen molar-refractivity contribution >= 4 is 8.53 Å². The number of H-pyrrole nitrogens is 1. The van der Waals surface area contributed by atoms with Crippen molar-refractivity contribution in [3.8, 4) is 30.3 Å². The second-order valence-corrected chi connectivity index (χ2v) is 9.76. The molecule has 2 heterocycles. The summed E-state index contributed by atoms with van der Waals surface area (Å²) in [5.41, 5.74) is -1.00. The highest BCUT2D eigenvalue weighted by Gasteiger charge is 2.40. The van der Waals surface area contributed by atoms with E-state index in [0.717, 1.165) is 0 Å². The lowest BCUT2D eigenvalue weighted by Gasteiger charge is -2.37. The molecule has 0 aliphatic carbocycles. The average Bonchev–Trinajstić information content (AvgIpc) is 3.17. The van der Waals surface area contributed by atoms with E-state index in [2.05, 4.69) is 61.2 Å². The van der Waals surface area contributed by atoms with Gasteiger partial charge >= 0.3 is 5.69 Å². The van der Waals surface area contributed by atoms with Crippen molar-refractivity contribution in [2.75, 3.05) is 6.61 Å². The minimum absolute atomic E-state index is 0.142. The van der Waals surface area contributed by atoms with E-state index in [9.17, 15) is 9.59 Å². The van der Waals surface area contributed by atoms with Gasteiger partial charge in [0.15, 0.2) is 0 Å². The van der Waals surface area contributed by atoms with E-state index in [1.807, 2.05) is 6.92 Å². The molecule has 2 rings (SSSR count). The molecule has 1 aliphatic heterocycles. The number of ether oxygens (including phenoxy) is 1. The number of aromatic nitrogens is 2. The maximum absolute atomic E-state index is 12.5. The lowest BCUT2D eigenvalue weighted by molar-refractivity contribution is -0.0201. The molecule has 0 radical (unpaired) electrons. The van der Waals surface area contributed by atoms with Crippen LogP contribution < -0.4 is 11.2 Å². The Kier molecular flexibility index (Phi) is 11.0. The minimum atomic E-state index is -1.46. The fourth-order valence-corrected chi connectivity index (χ4v) is 5.49. The van der Waals surface area contributed by atoms with E-state index in [4.69, 9.17) is 25.5 Å². The third-order valence-electron chi connectivity index (χ3n) is 5.16. The molecule has 10 heteroatoms. The molecule has 0 saturated carbocycles. The molecule has 4 atom stereocenters. The second-order valence-electron chi connectivity index (χ2n) is 8.36. The molecule has 1 aromatic heterocycles. The third kappa shape index (κ3) is 7.28. The fraction of sp³-hybridized carbons (Fsp3) is 0.625. The predicted octanol–water partition coefficient (Wildman–Crippen LogP) is 3.27. The Hall–Kier alpha value is -2.44. The van der Waals surface area contributed by atoms with E-state index in [1.165, 1.54) is 10.8 Å². The SMILES string of the molecule is C#CCC#Cc1cn([C@H]2C[C@@H](OP(OCCC#N)N(C(C)C)C(C)C)[C@@H](CC)O2)c(=O)[nH]c1=O. The summed E-state index contributed by atoms with van der Waals surface area (Å²) in [5, 5.41) is 8.92. The van der Waals surface area contributed by atoms with Crippen LogP contribution in [0.1, 0.15) is 72.1 Å². The molecule has 1 aromatic rings. The molecular weight excluding hydrogens is 455 g/mol. The van der Waals surface area contributed by atoms with Gasteiger partial charge in [-0.25, -0.2) is 9.46 Å². The predicted molar refractivity (Wildman–Crippen MR) is 131 cm³/mol. The summed E-state index contributed by atoms with van der Waals surface area (Å²) in [6, 6.07) is 2.42. The smallest absolute Gasteiger partial charge is 0.330 e. The largest absolute Gasteiger partial charge is 0.352 e. The topological polar surface area (TPSA) is 110 Å². The van der Waals surface area contributed by atoms with Crippen LogP contribution >= 0.6 is 8.53 Å². The van der Waals surface area contributed by atoms with Gasteiger partial charge in [-0.05, 0) is 34.1 Å². The molecule has 0 amide bonds. The zero-order chi connectivity index (χ0) is 25.3. The molecule has 0 aromatic carbocycles. The molecule has 1 fully saturated rings. The summed E-state index contributed by atoms with van der Waals surface area (Å²) in [6.45, 7) is 10.5. The monoisotopic (exact) mass is 488 g/mol. The summed E-state index contributed by atoms with van der Waals surface area (Å²) in [5.74, 6) is 7.81. The number of rotatable bonds is 10. The van der Waals surface area contributed by atoms with Gasteiger partial charge in [-0.1, -0.05) is 24.7 Å². The highest BCUT2D eigenvalue weighted by molar-refractivity contribution is 7.44. The summed E-state index contributed by atoms with van der Waals surface area (Å²) in [6.07, 6.45) is 6.91. The van der Waals surface area contributed by atoms with Crippen molar-refractivity contribution in [3.05, 3.63) is 32.6 Å². The Bertz CT molecular complexity index is 1060. The maximum atomic E-state index is 12.5. The number of terminal acetylenes is 1. The Morgan fingerprint density at radius 1 is 1.35 bits per heavy atom. The number of hydrogen-bond donors (Lipinski definition) is 1. The van der Waals surface area contributed by atoms with Crippen molar-refractivity contribution in [2.24, 2.45) is 0 Å². The molecule has 0 spiro atoms. The molecule has 9 nitrogen and oxygen atoms in total. The molecule has 1 unspecified atom stereocenters. The van der Waals surface area contributed by atoms with Gasteiger partial charge in [-0.3, -0.25) is 14.3 Å². The van der Waals surface area contributed by atoms with Crippen molar-refractivity contribution < 1.29 is 13.8 Å². The first-order valence-electron chi connectivity index (χ1n) is 11.4. The van der Waals surface area contributed by atoms with Gasteiger partial charge < -0.3 is 13.8 Å². The van der Waals surface area contributed by atoms with Gasteiger partial charge in [0.05, 0.1) is 37.7 Å². The summed E-state index contributed by atoms with van der Waals surface area (Å²) in [7, 11) is -1.46. The van der Waals surface area contributed by atoms with Gasteiger partial charge in [0.25, 0.3) is 14.1 Å². The molecular formula is C24H33N4O5P. The number of nitrogens with zero attached hydrogens (tertiary/aromatic N) is 3. The summed E-state index contributed by atoms with van der Waals surface area (Å²) >= 11 is 0. The van der Waals surface area contributed by atoms with Crippen LogP contribution in [0.3, 0.4) is 0 Å². The molecule has 1 saturated heterocycles. The van der Waals surface area contributed by atoms with E-state index in [-0.39, 0.29) is 49.3 Å². The lowest BCUT2D eigenvalue weighted by Crippen LogP contribution is -2.35. The molecule has 184 valence electrons. The van der Waals surface area contributed by atoms with Crippen LogP contribution in [0.25, 0.3) is 0 Å². The van der Waals surface area contributed by atoms with Crippen molar-refractivity contribution in [1.29, 1.82) is 5.26 Å². The van der Waals surface area contributed by atoms with E-state index in [0.29, 0.717) is 12.8 Å². The highest BCUT2D eigenvalue weighted by atomic mass is 31.2. The normalized spacial score (nSPS) is 20.7. The van der Waals surface area contributed by atoms with Crippen LogP contribution in [0.15, 0.2) is 15.8 Å². The zero-order valence-electron chi connectivity index (χ0n) is 20.4. The first-order chi connectivity index (χ1) is 16.2. The van der Waals surface area contributed by atoms with Crippen molar-refractivity contribution in [3.63, 3.8) is 0 Å². The van der Waals surface area contributed by atoms with E-state index < -0.39 is 26.0 Å². The quantitative estimate of drug-likeness (QED) is 0.306. The number of nitriles is 1. The average molecular weight is 489 g/mol. The van der Waals surface area contributed by atoms with Crippen LogP contribution in [0.4, 0.5) is 0 Å². The Morgan fingerprint density at radius 2 is 2.06 bits per heavy atom. The van der Waals surface area contributed by atoms with Gasteiger partial charge in [-0.2, -0.15) is 5.26 Å². The van der Waals surface area contributed by atoms with Gasteiger partial charge in [0, 0.05) is 24.7 Å². The molecule has 1 aliphatic rings. The lowest BCUT2D eigenvalue weighted by atomic mass is 10.1.